The molecular formula is C12H15N5O. The van der Waals surface area contributed by atoms with Crippen LogP contribution >= 0.6 is 0 Å². The molecular weight excluding hydrogens is 230 g/mol. The van der Waals surface area contributed by atoms with Crippen LogP contribution in [-0.4, -0.2) is 20.7 Å². The molecule has 0 fully saturated rings. The minimum Gasteiger partial charge on any atom is -0.384 e. The van der Waals surface area contributed by atoms with E-state index in [9.17, 15) is 4.79 Å². The van der Waals surface area contributed by atoms with E-state index in [1.54, 1.807) is 22.9 Å². The quantitative estimate of drug-likeness (QED) is 0.861. The van der Waals surface area contributed by atoms with E-state index in [0.29, 0.717) is 17.2 Å². The van der Waals surface area contributed by atoms with E-state index in [1.807, 2.05) is 20.0 Å². The summed E-state index contributed by atoms with van der Waals surface area (Å²) in [5.41, 5.74) is 5.91. The molecule has 0 unspecified atom stereocenters. The predicted octanol–water partition coefficient (Wildman–Crippen LogP) is 1.69. The van der Waals surface area contributed by atoms with Gasteiger partial charge in [-0.1, -0.05) is 0 Å². The van der Waals surface area contributed by atoms with E-state index in [2.05, 4.69) is 15.4 Å². The van der Waals surface area contributed by atoms with Crippen molar-refractivity contribution in [3.05, 3.63) is 36.2 Å². The molecule has 0 saturated heterocycles. The van der Waals surface area contributed by atoms with Crippen molar-refractivity contribution in [3.8, 4) is 0 Å². The summed E-state index contributed by atoms with van der Waals surface area (Å²) in [5.74, 6) is 0.651. The highest BCUT2D eigenvalue weighted by molar-refractivity contribution is 6.03. The van der Waals surface area contributed by atoms with Crippen LogP contribution in [0.25, 0.3) is 0 Å². The molecule has 2 aromatic rings. The van der Waals surface area contributed by atoms with Gasteiger partial charge >= 0.3 is 0 Å². The first-order valence-electron chi connectivity index (χ1n) is 5.64. The van der Waals surface area contributed by atoms with Gasteiger partial charge in [0.1, 0.15) is 5.82 Å². The Hall–Kier alpha value is -2.37. The average molecular weight is 245 g/mol. The lowest BCUT2D eigenvalue weighted by Crippen LogP contribution is -2.13. The summed E-state index contributed by atoms with van der Waals surface area (Å²) in [7, 11) is 0. The second-order valence-electron chi connectivity index (χ2n) is 4.20. The highest BCUT2D eigenvalue weighted by Crippen LogP contribution is 2.10. The Balaban J connectivity index is 2.08. The zero-order valence-electron chi connectivity index (χ0n) is 10.3. The molecule has 0 saturated carbocycles. The van der Waals surface area contributed by atoms with Gasteiger partial charge in [0.25, 0.3) is 5.91 Å². The molecule has 2 rings (SSSR count). The monoisotopic (exact) mass is 245 g/mol. The fraction of sp³-hybridized carbons (Fsp3) is 0.250. The smallest absolute Gasteiger partial charge is 0.258 e. The third-order valence-corrected chi connectivity index (χ3v) is 2.43. The lowest BCUT2D eigenvalue weighted by molar-refractivity contribution is 0.102. The third-order valence-electron chi connectivity index (χ3n) is 2.43. The number of amides is 1. The van der Waals surface area contributed by atoms with Crippen molar-refractivity contribution in [2.45, 2.75) is 19.9 Å². The van der Waals surface area contributed by atoms with Gasteiger partial charge in [0, 0.05) is 24.5 Å². The van der Waals surface area contributed by atoms with Gasteiger partial charge < -0.3 is 11.1 Å². The summed E-state index contributed by atoms with van der Waals surface area (Å²) in [6.07, 6.45) is 3.26. The van der Waals surface area contributed by atoms with E-state index in [-0.39, 0.29) is 11.9 Å². The SMILES string of the molecule is CC(C)n1ccc(NC(=O)c2ccc(N)nc2)n1. The molecule has 2 heterocycles. The normalized spacial score (nSPS) is 10.6. The molecule has 18 heavy (non-hydrogen) atoms. The van der Waals surface area contributed by atoms with Gasteiger partial charge in [0.15, 0.2) is 5.82 Å². The van der Waals surface area contributed by atoms with Crippen LogP contribution in [0.1, 0.15) is 30.2 Å². The van der Waals surface area contributed by atoms with Crippen molar-refractivity contribution in [1.29, 1.82) is 0 Å². The van der Waals surface area contributed by atoms with Crippen molar-refractivity contribution in [1.82, 2.24) is 14.8 Å². The van der Waals surface area contributed by atoms with Crippen LogP contribution in [0.2, 0.25) is 0 Å². The molecule has 0 radical (unpaired) electrons. The maximum Gasteiger partial charge on any atom is 0.258 e. The van der Waals surface area contributed by atoms with Gasteiger partial charge in [-0.25, -0.2) is 4.98 Å². The Bertz CT molecular complexity index is 544. The number of nitrogens with two attached hydrogens (primary N) is 1. The number of hydrogen-bond donors (Lipinski definition) is 2. The molecule has 1 amide bonds. The summed E-state index contributed by atoms with van der Waals surface area (Å²) >= 11 is 0. The van der Waals surface area contributed by atoms with Crippen molar-refractivity contribution in [2.24, 2.45) is 0 Å². The Morgan fingerprint density at radius 2 is 2.17 bits per heavy atom. The van der Waals surface area contributed by atoms with Crippen LogP contribution in [0.3, 0.4) is 0 Å². The minimum absolute atomic E-state index is 0.253. The molecule has 0 aliphatic rings. The minimum atomic E-state index is -0.253. The number of nitrogens with one attached hydrogen (secondary N) is 1. The highest BCUT2D eigenvalue weighted by atomic mass is 16.1. The van der Waals surface area contributed by atoms with E-state index in [0.717, 1.165) is 0 Å². The molecule has 0 aliphatic heterocycles. The Morgan fingerprint density at radius 1 is 1.39 bits per heavy atom. The van der Waals surface area contributed by atoms with Gasteiger partial charge in [-0.05, 0) is 26.0 Å². The van der Waals surface area contributed by atoms with Crippen molar-refractivity contribution >= 4 is 17.5 Å². The molecule has 0 spiro atoms. The number of aromatic nitrogens is 3. The van der Waals surface area contributed by atoms with Gasteiger partial charge in [-0.15, -0.1) is 0 Å². The number of carbonyl (C=O) groups is 1. The zero-order valence-corrected chi connectivity index (χ0v) is 10.3. The van der Waals surface area contributed by atoms with Gasteiger partial charge in [0.2, 0.25) is 0 Å². The number of rotatable bonds is 3. The summed E-state index contributed by atoms with van der Waals surface area (Å²) in [6, 6.07) is 5.22. The number of carbonyl (C=O) groups excluding carboxylic acids is 1. The molecule has 0 aliphatic carbocycles. The first-order chi connectivity index (χ1) is 8.56. The fourth-order valence-corrected chi connectivity index (χ4v) is 1.42. The van der Waals surface area contributed by atoms with Crippen LogP contribution in [0.4, 0.5) is 11.6 Å². The van der Waals surface area contributed by atoms with Gasteiger partial charge in [-0.2, -0.15) is 5.10 Å². The van der Waals surface area contributed by atoms with Crippen LogP contribution in [-0.2, 0) is 0 Å². The number of hydrogen-bond acceptors (Lipinski definition) is 4. The lowest BCUT2D eigenvalue weighted by atomic mass is 10.2. The molecule has 94 valence electrons. The van der Waals surface area contributed by atoms with Crippen LogP contribution in [0.5, 0.6) is 0 Å². The van der Waals surface area contributed by atoms with E-state index in [1.165, 1.54) is 6.20 Å². The number of pyridine rings is 1. The molecule has 6 heteroatoms. The van der Waals surface area contributed by atoms with Gasteiger partial charge in [-0.3, -0.25) is 9.48 Å². The first-order valence-corrected chi connectivity index (χ1v) is 5.64. The predicted molar refractivity (Wildman–Crippen MR) is 69.2 cm³/mol. The van der Waals surface area contributed by atoms with Crippen LogP contribution < -0.4 is 11.1 Å². The van der Waals surface area contributed by atoms with E-state index < -0.39 is 0 Å². The summed E-state index contributed by atoms with van der Waals surface area (Å²) < 4.78 is 1.77. The summed E-state index contributed by atoms with van der Waals surface area (Å²) in [6.45, 7) is 4.03. The average Bonchev–Trinajstić information content (AvgIpc) is 2.78. The summed E-state index contributed by atoms with van der Waals surface area (Å²) in [4.78, 5) is 15.7. The van der Waals surface area contributed by atoms with Crippen molar-refractivity contribution in [3.63, 3.8) is 0 Å². The van der Waals surface area contributed by atoms with Crippen LogP contribution in [0.15, 0.2) is 30.6 Å². The van der Waals surface area contributed by atoms with Crippen molar-refractivity contribution < 1.29 is 4.79 Å². The largest absolute Gasteiger partial charge is 0.384 e. The van der Waals surface area contributed by atoms with E-state index >= 15 is 0 Å². The molecule has 2 aromatic heterocycles. The second-order valence-corrected chi connectivity index (χ2v) is 4.20. The molecule has 0 atom stereocenters. The molecule has 6 nitrogen and oxygen atoms in total. The molecule has 0 aromatic carbocycles. The zero-order chi connectivity index (χ0) is 13.1. The van der Waals surface area contributed by atoms with Crippen LogP contribution in [0, 0.1) is 0 Å². The maximum atomic E-state index is 11.9. The number of anilines is 2. The molecule has 0 bridgehead atoms. The summed E-state index contributed by atoms with van der Waals surface area (Å²) in [5, 5.41) is 6.93. The first kappa shape index (κ1) is 12.1. The number of nitrogen functional groups attached to an aromatic ring is 1. The fourth-order valence-electron chi connectivity index (χ4n) is 1.42. The third kappa shape index (κ3) is 2.65. The maximum absolute atomic E-state index is 11.9. The highest BCUT2D eigenvalue weighted by Gasteiger charge is 2.08. The standard InChI is InChI=1S/C12H15N5O/c1-8(2)17-6-5-11(16-17)15-12(18)9-3-4-10(13)14-7-9/h3-8H,1-2H3,(H2,13,14)(H,15,16,18). The Kier molecular flexibility index (Phi) is 3.27. The molecule has 3 N–H and O–H groups in total. The Labute approximate surface area is 105 Å². The van der Waals surface area contributed by atoms with Gasteiger partial charge in [0.05, 0.1) is 5.56 Å². The van der Waals surface area contributed by atoms with Crippen molar-refractivity contribution in [2.75, 3.05) is 11.1 Å². The topological polar surface area (TPSA) is 85.8 Å². The Morgan fingerprint density at radius 3 is 2.72 bits per heavy atom. The lowest BCUT2D eigenvalue weighted by Gasteiger charge is -2.04. The van der Waals surface area contributed by atoms with E-state index in [4.69, 9.17) is 5.73 Å². The number of nitrogens with zero attached hydrogens (tertiary/aromatic N) is 3. The second kappa shape index (κ2) is 4.87.